The van der Waals surface area contributed by atoms with Gasteiger partial charge in [0.15, 0.2) is 0 Å². The van der Waals surface area contributed by atoms with Crippen molar-refractivity contribution in [1.82, 2.24) is 14.5 Å². The average molecular weight is 412 g/mol. The van der Waals surface area contributed by atoms with Crippen LogP contribution in [0.4, 0.5) is 0 Å². The van der Waals surface area contributed by atoms with Gasteiger partial charge in [0.2, 0.25) is 0 Å². The maximum Gasteiger partial charge on any atom is 0.258 e. The van der Waals surface area contributed by atoms with Gasteiger partial charge in [0.1, 0.15) is 12.4 Å². The first-order valence-corrected chi connectivity index (χ1v) is 10.8. The van der Waals surface area contributed by atoms with Crippen LogP contribution in [-0.2, 0) is 13.2 Å². The van der Waals surface area contributed by atoms with Gasteiger partial charge in [0.25, 0.3) is 5.56 Å². The molecule has 4 aromatic rings. The fourth-order valence-electron chi connectivity index (χ4n) is 4.07. The molecule has 5 nitrogen and oxygen atoms in total. The number of aromatic nitrogens is 2. The molecule has 2 aromatic heterocycles. The Hall–Kier alpha value is -3.44. The molecule has 1 saturated heterocycles. The van der Waals surface area contributed by atoms with Crippen LogP contribution in [0.3, 0.4) is 0 Å². The monoisotopic (exact) mass is 411 g/mol. The van der Waals surface area contributed by atoms with E-state index in [1.807, 2.05) is 54.6 Å². The average Bonchev–Trinajstić information content (AvgIpc) is 3.31. The van der Waals surface area contributed by atoms with Gasteiger partial charge in [0, 0.05) is 29.9 Å². The molecule has 0 spiro atoms. The molecule has 1 aliphatic rings. The highest BCUT2D eigenvalue weighted by Crippen LogP contribution is 2.19. The van der Waals surface area contributed by atoms with Crippen LogP contribution >= 0.6 is 0 Å². The Balaban J connectivity index is 1.34. The first kappa shape index (κ1) is 19.5. The summed E-state index contributed by atoms with van der Waals surface area (Å²) in [5.41, 5.74) is 3.82. The summed E-state index contributed by atoms with van der Waals surface area (Å²) in [6.45, 7) is 3.66. The maximum absolute atomic E-state index is 12.7. The molecular weight excluding hydrogens is 386 g/mol. The van der Waals surface area contributed by atoms with Gasteiger partial charge in [-0.1, -0.05) is 36.4 Å². The van der Waals surface area contributed by atoms with Crippen molar-refractivity contribution in [3.8, 4) is 11.4 Å². The predicted octanol–water partition coefficient (Wildman–Crippen LogP) is 4.56. The van der Waals surface area contributed by atoms with Gasteiger partial charge in [-0.15, -0.1) is 0 Å². The van der Waals surface area contributed by atoms with Crippen LogP contribution in [0.25, 0.3) is 16.6 Å². The molecule has 31 heavy (non-hydrogen) atoms. The van der Waals surface area contributed by atoms with Crippen LogP contribution in [-0.4, -0.2) is 27.5 Å². The smallest absolute Gasteiger partial charge is 0.258 e. The molecule has 3 heterocycles. The Morgan fingerprint density at radius 2 is 1.74 bits per heavy atom. The number of likely N-dealkylation sites (tertiary alicyclic amines) is 1. The van der Waals surface area contributed by atoms with Crippen LogP contribution in [0.5, 0.6) is 5.75 Å². The topological polar surface area (TPSA) is 47.4 Å². The molecule has 0 atom stereocenters. The fraction of sp³-hybridized carbons (Fsp3) is 0.231. The fourth-order valence-corrected chi connectivity index (χ4v) is 4.07. The minimum atomic E-state index is -0.122. The Morgan fingerprint density at radius 1 is 0.903 bits per heavy atom. The molecule has 1 aliphatic heterocycles. The van der Waals surface area contributed by atoms with E-state index in [0.29, 0.717) is 12.4 Å². The van der Waals surface area contributed by atoms with Crippen LogP contribution in [0.15, 0.2) is 83.8 Å². The third-order valence-corrected chi connectivity index (χ3v) is 5.73. The quantitative estimate of drug-likeness (QED) is 0.467. The summed E-state index contributed by atoms with van der Waals surface area (Å²) in [4.78, 5) is 20.0. The van der Waals surface area contributed by atoms with Crippen molar-refractivity contribution in [2.75, 3.05) is 13.1 Å². The lowest BCUT2D eigenvalue weighted by molar-refractivity contribution is 0.305. The SMILES string of the molecule is O=c1cc(OCc2ccccc2)ccn1-c1ccc2nc(CN3CCCC3)ccc2c1. The Labute approximate surface area is 181 Å². The van der Waals surface area contributed by atoms with Gasteiger partial charge >= 0.3 is 0 Å². The summed E-state index contributed by atoms with van der Waals surface area (Å²) in [5, 5.41) is 1.03. The minimum Gasteiger partial charge on any atom is -0.489 e. The molecular formula is C26H25N3O2. The van der Waals surface area contributed by atoms with E-state index in [-0.39, 0.29) is 5.56 Å². The first-order chi connectivity index (χ1) is 15.2. The number of rotatable bonds is 6. The second kappa shape index (κ2) is 8.74. The van der Waals surface area contributed by atoms with Crippen molar-refractivity contribution in [2.24, 2.45) is 0 Å². The summed E-state index contributed by atoms with van der Waals surface area (Å²) < 4.78 is 7.41. The molecule has 0 aliphatic carbocycles. The predicted molar refractivity (Wildman–Crippen MR) is 123 cm³/mol. The molecule has 5 rings (SSSR count). The molecule has 156 valence electrons. The number of hydrogen-bond donors (Lipinski definition) is 0. The molecule has 0 radical (unpaired) electrons. The second-order valence-corrected chi connectivity index (χ2v) is 8.01. The molecule has 2 aromatic carbocycles. The summed E-state index contributed by atoms with van der Waals surface area (Å²) >= 11 is 0. The van der Waals surface area contributed by atoms with Gasteiger partial charge in [-0.05, 0) is 61.8 Å². The number of hydrogen-bond acceptors (Lipinski definition) is 4. The summed E-state index contributed by atoms with van der Waals surface area (Å²) in [5.74, 6) is 0.569. The van der Waals surface area contributed by atoms with Crippen molar-refractivity contribution in [2.45, 2.75) is 26.0 Å². The van der Waals surface area contributed by atoms with Gasteiger partial charge in [-0.2, -0.15) is 0 Å². The highest BCUT2D eigenvalue weighted by Gasteiger charge is 2.12. The highest BCUT2D eigenvalue weighted by molar-refractivity contribution is 5.81. The lowest BCUT2D eigenvalue weighted by Gasteiger charge is -2.14. The summed E-state index contributed by atoms with van der Waals surface area (Å²) in [7, 11) is 0. The normalized spacial score (nSPS) is 14.2. The van der Waals surface area contributed by atoms with E-state index in [4.69, 9.17) is 9.72 Å². The van der Waals surface area contributed by atoms with Crippen LogP contribution in [0, 0.1) is 0 Å². The molecule has 0 bridgehead atoms. The lowest BCUT2D eigenvalue weighted by atomic mass is 10.1. The third kappa shape index (κ3) is 4.52. The van der Waals surface area contributed by atoms with Crippen molar-refractivity contribution < 1.29 is 4.74 Å². The van der Waals surface area contributed by atoms with E-state index in [2.05, 4.69) is 17.0 Å². The second-order valence-electron chi connectivity index (χ2n) is 8.01. The number of nitrogens with zero attached hydrogens (tertiary/aromatic N) is 3. The van der Waals surface area contributed by atoms with Gasteiger partial charge in [-0.3, -0.25) is 19.2 Å². The number of ether oxygens (including phenoxy) is 1. The molecule has 0 amide bonds. The highest BCUT2D eigenvalue weighted by atomic mass is 16.5. The van der Waals surface area contributed by atoms with Gasteiger partial charge < -0.3 is 4.74 Å². The van der Waals surface area contributed by atoms with E-state index in [0.717, 1.165) is 47.5 Å². The van der Waals surface area contributed by atoms with Crippen molar-refractivity contribution >= 4 is 10.9 Å². The van der Waals surface area contributed by atoms with Crippen LogP contribution < -0.4 is 10.3 Å². The van der Waals surface area contributed by atoms with Crippen molar-refractivity contribution in [1.29, 1.82) is 0 Å². The zero-order valence-corrected chi connectivity index (χ0v) is 17.4. The number of benzene rings is 2. The maximum atomic E-state index is 12.7. The summed E-state index contributed by atoms with van der Waals surface area (Å²) in [6, 6.07) is 23.4. The molecule has 5 heteroatoms. The molecule has 0 saturated carbocycles. The van der Waals surface area contributed by atoms with E-state index in [1.54, 1.807) is 10.8 Å². The minimum absolute atomic E-state index is 0.122. The van der Waals surface area contributed by atoms with Crippen LogP contribution in [0.2, 0.25) is 0 Å². The number of pyridine rings is 2. The Kier molecular flexibility index (Phi) is 5.50. The van der Waals surface area contributed by atoms with Crippen molar-refractivity contribution in [3.63, 3.8) is 0 Å². The van der Waals surface area contributed by atoms with E-state index in [9.17, 15) is 4.79 Å². The number of fused-ring (bicyclic) bond motifs is 1. The lowest BCUT2D eigenvalue weighted by Crippen LogP contribution is -2.19. The van der Waals surface area contributed by atoms with Gasteiger partial charge in [-0.25, -0.2) is 0 Å². The third-order valence-electron chi connectivity index (χ3n) is 5.73. The van der Waals surface area contributed by atoms with E-state index < -0.39 is 0 Å². The standard InChI is InChI=1S/C26H25N3O2/c30-26-17-24(31-19-20-6-2-1-3-7-20)12-15-29(26)23-10-11-25-21(16-23)8-9-22(27-25)18-28-13-4-5-14-28/h1-3,6-12,15-17H,4-5,13-14,18-19H2. The largest absolute Gasteiger partial charge is 0.489 e. The Morgan fingerprint density at radius 3 is 2.55 bits per heavy atom. The first-order valence-electron chi connectivity index (χ1n) is 10.8. The van der Waals surface area contributed by atoms with E-state index in [1.165, 1.54) is 18.9 Å². The zero-order chi connectivity index (χ0) is 21.0. The molecule has 0 unspecified atom stereocenters. The van der Waals surface area contributed by atoms with E-state index >= 15 is 0 Å². The van der Waals surface area contributed by atoms with Crippen LogP contribution in [0.1, 0.15) is 24.1 Å². The molecule has 0 N–H and O–H groups in total. The summed E-state index contributed by atoms with van der Waals surface area (Å²) in [6.07, 6.45) is 4.32. The van der Waals surface area contributed by atoms with Crippen molar-refractivity contribution in [3.05, 3.63) is 101 Å². The van der Waals surface area contributed by atoms with Gasteiger partial charge in [0.05, 0.1) is 11.2 Å². The Bertz CT molecular complexity index is 1240. The molecule has 1 fully saturated rings. The zero-order valence-electron chi connectivity index (χ0n) is 17.4.